The molecule has 150 valence electrons. The SMILES string of the molecule is CCOC(=O)c1ccc2nc3ccc(NC(=O)c4ccc(C)cc4)cc3c(=O)n2n1. The Hall–Kier alpha value is -4.07. The summed E-state index contributed by atoms with van der Waals surface area (Å²) < 4.78 is 5.99. The summed E-state index contributed by atoms with van der Waals surface area (Å²) in [6, 6.07) is 15.0. The smallest absolute Gasteiger partial charge is 0.358 e. The van der Waals surface area contributed by atoms with Crippen LogP contribution in [0, 0.1) is 6.92 Å². The summed E-state index contributed by atoms with van der Waals surface area (Å²) in [7, 11) is 0. The van der Waals surface area contributed by atoms with E-state index in [1.165, 1.54) is 12.1 Å². The van der Waals surface area contributed by atoms with Crippen LogP contribution >= 0.6 is 0 Å². The molecule has 0 bridgehead atoms. The van der Waals surface area contributed by atoms with Crippen molar-refractivity contribution in [2.45, 2.75) is 13.8 Å². The monoisotopic (exact) mass is 402 g/mol. The van der Waals surface area contributed by atoms with Gasteiger partial charge >= 0.3 is 5.97 Å². The predicted molar refractivity (Wildman–Crippen MR) is 112 cm³/mol. The van der Waals surface area contributed by atoms with Gasteiger partial charge in [0, 0.05) is 11.3 Å². The summed E-state index contributed by atoms with van der Waals surface area (Å²) in [5.74, 6) is -0.906. The molecule has 0 aliphatic carbocycles. The van der Waals surface area contributed by atoms with Gasteiger partial charge in [0.25, 0.3) is 11.5 Å². The third-order valence-corrected chi connectivity index (χ3v) is 4.53. The molecule has 0 radical (unpaired) electrons. The van der Waals surface area contributed by atoms with Gasteiger partial charge in [-0.15, -0.1) is 0 Å². The maximum absolute atomic E-state index is 13.0. The number of hydrogen-bond acceptors (Lipinski definition) is 6. The molecule has 0 saturated carbocycles. The maximum atomic E-state index is 13.0. The second kappa shape index (κ2) is 7.75. The van der Waals surface area contributed by atoms with E-state index in [4.69, 9.17) is 4.74 Å². The highest BCUT2D eigenvalue weighted by molar-refractivity contribution is 6.05. The van der Waals surface area contributed by atoms with Gasteiger partial charge in [-0.05, 0) is 56.3 Å². The van der Waals surface area contributed by atoms with Crippen LogP contribution in [0.15, 0.2) is 59.4 Å². The first kappa shape index (κ1) is 19.3. The molecular weight excluding hydrogens is 384 g/mol. The molecular formula is C22H18N4O4. The standard InChI is InChI=1S/C22H18N4O4/c1-3-30-22(29)18-10-11-19-24-17-9-8-15(12-16(17)21(28)26(19)25-18)23-20(27)14-6-4-13(2)5-7-14/h4-12H,3H2,1-2H3,(H,23,27). The Morgan fingerprint density at radius 3 is 2.57 bits per heavy atom. The van der Waals surface area contributed by atoms with Crippen molar-refractivity contribution in [2.24, 2.45) is 0 Å². The van der Waals surface area contributed by atoms with Crippen LogP contribution in [0.4, 0.5) is 5.69 Å². The molecule has 0 saturated heterocycles. The fourth-order valence-electron chi connectivity index (χ4n) is 2.99. The van der Waals surface area contributed by atoms with Gasteiger partial charge in [-0.2, -0.15) is 9.61 Å². The van der Waals surface area contributed by atoms with Crippen LogP contribution in [0.25, 0.3) is 16.6 Å². The fraction of sp³-hybridized carbons (Fsp3) is 0.136. The van der Waals surface area contributed by atoms with E-state index >= 15 is 0 Å². The number of fused-ring (bicyclic) bond motifs is 2. The van der Waals surface area contributed by atoms with Crippen molar-refractivity contribution >= 4 is 34.1 Å². The summed E-state index contributed by atoms with van der Waals surface area (Å²) in [6.45, 7) is 3.83. The number of aromatic nitrogens is 3. The van der Waals surface area contributed by atoms with Gasteiger partial charge in [-0.1, -0.05) is 17.7 Å². The Morgan fingerprint density at radius 2 is 1.83 bits per heavy atom. The van der Waals surface area contributed by atoms with Crippen LogP contribution in [0.3, 0.4) is 0 Å². The van der Waals surface area contributed by atoms with E-state index in [2.05, 4.69) is 15.4 Å². The lowest BCUT2D eigenvalue weighted by molar-refractivity contribution is 0.0517. The van der Waals surface area contributed by atoms with Crippen molar-refractivity contribution in [3.05, 3.63) is 81.8 Å². The molecule has 2 aromatic heterocycles. The van der Waals surface area contributed by atoms with Gasteiger partial charge in [-0.3, -0.25) is 9.59 Å². The minimum atomic E-state index is -0.620. The molecule has 4 aromatic rings. The molecule has 8 nitrogen and oxygen atoms in total. The van der Waals surface area contributed by atoms with E-state index < -0.39 is 11.5 Å². The number of carbonyl (C=O) groups excluding carboxylic acids is 2. The molecule has 0 spiro atoms. The number of anilines is 1. The van der Waals surface area contributed by atoms with Crippen molar-refractivity contribution in [1.82, 2.24) is 14.6 Å². The zero-order valence-electron chi connectivity index (χ0n) is 16.4. The number of ether oxygens (including phenoxy) is 1. The summed E-state index contributed by atoms with van der Waals surface area (Å²) in [6.07, 6.45) is 0. The Morgan fingerprint density at radius 1 is 1.07 bits per heavy atom. The fourth-order valence-corrected chi connectivity index (χ4v) is 2.99. The maximum Gasteiger partial charge on any atom is 0.358 e. The van der Waals surface area contributed by atoms with Crippen LogP contribution in [0.1, 0.15) is 33.3 Å². The first-order chi connectivity index (χ1) is 14.5. The summed E-state index contributed by atoms with van der Waals surface area (Å²) >= 11 is 0. The van der Waals surface area contributed by atoms with Gasteiger partial charge in [-0.25, -0.2) is 9.78 Å². The molecule has 4 rings (SSSR count). The van der Waals surface area contributed by atoms with Gasteiger partial charge < -0.3 is 10.1 Å². The van der Waals surface area contributed by atoms with E-state index in [1.807, 2.05) is 19.1 Å². The van der Waals surface area contributed by atoms with Crippen molar-refractivity contribution in [3.8, 4) is 0 Å². The quantitative estimate of drug-likeness (QED) is 0.416. The predicted octanol–water partition coefficient (Wildman–Crippen LogP) is 2.98. The second-order valence-electron chi connectivity index (χ2n) is 6.68. The number of rotatable bonds is 4. The molecule has 2 aromatic carbocycles. The zero-order chi connectivity index (χ0) is 21.3. The van der Waals surface area contributed by atoms with Crippen molar-refractivity contribution in [1.29, 1.82) is 0 Å². The summed E-state index contributed by atoms with van der Waals surface area (Å²) in [4.78, 5) is 41.8. The minimum Gasteiger partial charge on any atom is -0.461 e. The van der Waals surface area contributed by atoms with Crippen LogP contribution < -0.4 is 10.9 Å². The zero-order valence-corrected chi connectivity index (χ0v) is 16.4. The Kier molecular flexibility index (Phi) is 4.97. The van der Waals surface area contributed by atoms with E-state index in [0.717, 1.165) is 10.1 Å². The number of benzene rings is 2. The molecule has 0 atom stereocenters. The number of esters is 1. The van der Waals surface area contributed by atoms with Crippen LogP contribution in [0.5, 0.6) is 0 Å². The molecule has 0 unspecified atom stereocenters. The normalized spacial score (nSPS) is 10.9. The lowest BCUT2D eigenvalue weighted by Gasteiger charge is -2.08. The first-order valence-corrected chi connectivity index (χ1v) is 9.35. The number of carbonyl (C=O) groups is 2. The number of amides is 1. The second-order valence-corrected chi connectivity index (χ2v) is 6.68. The molecule has 8 heteroatoms. The van der Waals surface area contributed by atoms with E-state index in [-0.39, 0.29) is 23.6 Å². The van der Waals surface area contributed by atoms with Crippen LogP contribution in [0.2, 0.25) is 0 Å². The number of nitrogens with zero attached hydrogens (tertiary/aromatic N) is 3. The minimum absolute atomic E-state index is 0.0106. The van der Waals surface area contributed by atoms with Gasteiger partial charge in [0.2, 0.25) is 0 Å². The molecule has 2 heterocycles. The number of hydrogen-bond donors (Lipinski definition) is 1. The van der Waals surface area contributed by atoms with Crippen molar-refractivity contribution in [2.75, 3.05) is 11.9 Å². The molecule has 1 N–H and O–H groups in total. The summed E-state index contributed by atoms with van der Waals surface area (Å²) in [5, 5.41) is 7.12. The molecule has 1 amide bonds. The highest BCUT2D eigenvalue weighted by atomic mass is 16.5. The molecule has 0 aliphatic heterocycles. The number of nitrogens with one attached hydrogen (secondary N) is 1. The largest absolute Gasteiger partial charge is 0.461 e. The molecule has 30 heavy (non-hydrogen) atoms. The Labute approximate surface area is 171 Å². The topological polar surface area (TPSA) is 103 Å². The Balaban J connectivity index is 1.73. The van der Waals surface area contributed by atoms with Gasteiger partial charge in [0.05, 0.1) is 17.5 Å². The Bertz CT molecular complexity index is 1340. The third kappa shape index (κ3) is 3.62. The highest BCUT2D eigenvalue weighted by Crippen LogP contribution is 2.17. The van der Waals surface area contributed by atoms with Gasteiger partial charge in [0.1, 0.15) is 0 Å². The molecule has 0 aliphatic rings. The van der Waals surface area contributed by atoms with Crippen LogP contribution in [-0.2, 0) is 4.74 Å². The van der Waals surface area contributed by atoms with Crippen molar-refractivity contribution < 1.29 is 14.3 Å². The van der Waals surface area contributed by atoms with E-state index in [0.29, 0.717) is 22.4 Å². The first-order valence-electron chi connectivity index (χ1n) is 9.35. The van der Waals surface area contributed by atoms with Gasteiger partial charge in [0.15, 0.2) is 11.3 Å². The lowest BCUT2D eigenvalue weighted by atomic mass is 10.1. The lowest BCUT2D eigenvalue weighted by Crippen LogP contribution is -2.21. The molecule has 0 fully saturated rings. The number of aryl methyl sites for hydroxylation is 1. The average molecular weight is 402 g/mol. The van der Waals surface area contributed by atoms with Crippen molar-refractivity contribution in [3.63, 3.8) is 0 Å². The van der Waals surface area contributed by atoms with E-state index in [9.17, 15) is 14.4 Å². The van der Waals surface area contributed by atoms with Crippen LogP contribution in [-0.4, -0.2) is 33.1 Å². The van der Waals surface area contributed by atoms with E-state index in [1.54, 1.807) is 37.3 Å². The summed E-state index contributed by atoms with van der Waals surface area (Å²) in [5.41, 5.74) is 2.33. The highest BCUT2D eigenvalue weighted by Gasteiger charge is 2.13. The average Bonchev–Trinajstić information content (AvgIpc) is 2.75. The third-order valence-electron chi connectivity index (χ3n) is 4.53.